The number of aromatic nitrogens is 2. The summed E-state index contributed by atoms with van der Waals surface area (Å²) in [6.45, 7) is 2.40. The molecule has 5 rings (SSSR count). The van der Waals surface area contributed by atoms with Crippen molar-refractivity contribution in [3.8, 4) is 28.6 Å². The average Bonchev–Trinajstić information content (AvgIpc) is 3.57. The van der Waals surface area contributed by atoms with Crippen molar-refractivity contribution in [3.05, 3.63) is 48.4 Å². The number of amides is 2. The lowest BCUT2D eigenvalue weighted by atomic mass is 10.1. The van der Waals surface area contributed by atoms with Crippen molar-refractivity contribution in [2.75, 3.05) is 25.7 Å². The summed E-state index contributed by atoms with van der Waals surface area (Å²) in [5.41, 5.74) is 1.07. The molecular formula is C23H22N6O6. The van der Waals surface area contributed by atoms with Crippen LogP contribution in [0, 0.1) is 0 Å². The first-order valence-electron chi connectivity index (χ1n) is 10.9. The third-order valence-corrected chi connectivity index (χ3v) is 5.66. The highest BCUT2D eigenvalue weighted by molar-refractivity contribution is 6.25. The lowest BCUT2D eigenvalue weighted by Crippen LogP contribution is -2.39. The number of carbonyl (C=O) groups is 2. The first-order valence-corrected chi connectivity index (χ1v) is 10.9. The molecule has 0 saturated carbocycles. The Morgan fingerprint density at radius 2 is 1.89 bits per heavy atom. The van der Waals surface area contributed by atoms with Gasteiger partial charge in [0.2, 0.25) is 11.7 Å². The highest BCUT2D eigenvalue weighted by Gasteiger charge is 2.55. The fourth-order valence-electron chi connectivity index (χ4n) is 4.01. The summed E-state index contributed by atoms with van der Waals surface area (Å²) in [6.07, 6.45) is 0. The molecule has 0 bridgehead atoms. The van der Waals surface area contributed by atoms with E-state index in [1.54, 1.807) is 49.6 Å². The van der Waals surface area contributed by atoms with Crippen LogP contribution in [0.1, 0.15) is 12.8 Å². The van der Waals surface area contributed by atoms with Gasteiger partial charge in [-0.15, -0.1) is 0 Å². The lowest BCUT2D eigenvalue weighted by Gasteiger charge is -2.19. The fraction of sp³-hybridized carbons (Fsp3) is 0.304. The van der Waals surface area contributed by atoms with Gasteiger partial charge in [-0.3, -0.25) is 14.6 Å². The Morgan fingerprint density at radius 3 is 2.66 bits per heavy atom. The normalized spacial score (nSPS) is 18.8. The van der Waals surface area contributed by atoms with E-state index >= 15 is 0 Å². The van der Waals surface area contributed by atoms with Crippen LogP contribution in [0.3, 0.4) is 0 Å². The minimum Gasteiger partial charge on any atom is -0.497 e. The first kappa shape index (κ1) is 22.3. The molecule has 0 spiro atoms. The number of carbonyl (C=O) groups excluding carboxylic acids is 2. The summed E-state index contributed by atoms with van der Waals surface area (Å²) in [4.78, 5) is 31.6. The molecule has 3 aromatic rings. The van der Waals surface area contributed by atoms with E-state index in [0.717, 1.165) is 4.90 Å². The van der Waals surface area contributed by atoms with Gasteiger partial charge in [0, 0.05) is 11.6 Å². The number of imide groups is 1. The van der Waals surface area contributed by atoms with Crippen LogP contribution in [0.4, 0.5) is 5.69 Å². The van der Waals surface area contributed by atoms with Crippen LogP contribution < -0.4 is 19.1 Å². The molecule has 2 aliphatic heterocycles. The van der Waals surface area contributed by atoms with Crippen molar-refractivity contribution in [2.45, 2.75) is 25.6 Å². The SMILES string of the molecule is CCOc1ccc(-c2noc(CN3N=N[C@@H]4C(=O)N(c5cccc(OC)c5)C(=O)[C@H]43)n2)cc1OC. The Bertz CT molecular complexity index is 1310. The average molecular weight is 478 g/mol. The number of ether oxygens (including phenoxy) is 3. The number of fused-ring (bicyclic) bond motifs is 1. The Balaban J connectivity index is 1.34. The largest absolute Gasteiger partial charge is 0.497 e. The standard InChI is InChI=1S/C23H22N6O6/c1-4-34-16-9-8-13(10-17(16)33-3)21-24-18(35-26-21)12-28-20-19(25-27-28)22(30)29(23(20)31)14-6-5-7-15(11-14)32-2/h5-11,19-20H,4,12H2,1-3H3/t19-,20-/m0/s1. The van der Waals surface area contributed by atoms with Gasteiger partial charge in [0.15, 0.2) is 23.6 Å². The van der Waals surface area contributed by atoms with Crippen molar-refractivity contribution in [3.63, 3.8) is 0 Å². The smallest absolute Gasteiger partial charge is 0.263 e. The summed E-state index contributed by atoms with van der Waals surface area (Å²) in [7, 11) is 3.06. The van der Waals surface area contributed by atoms with Gasteiger partial charge in [-0.05, 0) is 37.3 Å². The summed E-state index contributed by atoms with van der Waals surface area (Å²) < 4.78 is 21.5. The van der Waals surface area contributed by atoms with E-state index in [4.69, 9.17) is 18.7 Å². The van der Waals surface area contributed by atoms with Gasteiger partial charge in [0.05, 0.1) is 26.5 Å². The van der Waals surface area contributed by atoms with Crippen molar-refractivity contribution in [1.82, 2.24) is 15.1 Å². The van der Waals surface area contributed by atoms with Crippen LogP contribution in [0.15, 0.2) is 57.3 Å². The van der Waals surface area contributed by atoms with Crippen molar-refractivity contribution >= 4 is 17.5 Å². The Morgan fingerprint density at radius 1 is 1.03 bits per heavy atom. The zero-order valence-corrected chi connectivity index (χ0v) is 19.2. The van der Waals surface area contributed by atoms with E-state index in [1.807, 2.05) is 6.92 Å². The molecule has 180 valence electrons. The third-order valence-electron chi connectivity index (χ3n) is 5.66. The van der Waals surface area contributed by atoms with Crippen LogP contribution >= 0.6 is 0 Å². The molecular weight excluding hydrogens is 456 g/mol. The molecule has 12 nitrogen and oxygen atoms in total. The second-order valence-electron chi connectivity index (χ2n) is 7.72. The Labute approximate surface area is 200 Å². The molecule has 2 aliphatic rings. The van der Waals surface area contributed by atoms with E-state index in [9.17, 15) is 9.59 Å². The molecule has 0 unspecified atom stereocenters. The van der Waals surface area contributed by atoms with Gasteiger partial charge in [-0.25, -0.2) is 4.90 Å². The van der Waals surface area contributed by atoms with Gasteiger partial charge in [0.1, 0.15) is 12.3 Å². The highest BCUT2D eigenvalue weighted by atomic mass is 16.5. The van der Waals surface area contributed by atoms with E-state index < -0.39 is 23.9 Å². The van der Waals surface area contributed by atoms with Crippen LogP contribution in [0.2, 0.25) is 0 Å². The molecule has 35 heavy (non-hydrogen) atoms. The number of hydrogen-bond donors (Lipinski definition) is 0. The van der Waals surface area contributed by atoms with Gasteiger partial charge >= 0.3 is 0 Å². The second kappa shape index (κ2) is 9.05. The monoisotopic (exact) mass is 478 g/mol. The topological polar surface area (TPSA) is 132 Å². The molecule has 1 fully saturated rings. The number of nitrogens with zero attached hydrogens (tertiary/aromatic N) is 6. The Hall–Kier alpha value is -4.48. The summed E-state index contributed by atoms with van der Waals surface area (Å²) >= 11 is 0. The summed E-state index contributed by atoms with van der Waals surface area (Å²) in [5, 5.41) is 13.5. The van der Waals surface area contributed by atoms with E-state index in [1.165, 1.54) is 12.1 Å². The highest BCUT2D eigenvalue weighted by Crippen LogP contribution is 2.35. The number of hydrogen-bond acceptors (Lipinski definition) is 11. The van der Waals surface area contributed by atoms with Crippen molar-refractivity contribution in [1.29, 1.82) is 0 Å². The molecule has 2 amide bonds. The minimum absolute atomic E-state index is 0.0107. The van der Waals surface area contributed by atoms with Crippen molar-refractivity contribution in [2.24, 2.45) is 10.3 Å². The summed E-state index contributed by atoms with van der Waals surface area (Å²) in [6, 6.07) is 10.2. The number of methoxy groups -OCH3 is 2. The molecule has 1 saturated heterocycles. The maximum atomic E-state index is 13.2. The zero-order valence-electron chi connectivity index (χ0n) is 19.2. The first-order chi connectivity index (χ1) is 17.0. The lowest BCUT2D eigenvalue weighted by molar-refractivity contribution is -0.123. The van der Waals surface area contributed by atoms with Gasteiger partial charge < -0.3 is 18.7 Å². The fourth-order valence-corrected chi connectivity index (χ4v) is 4.01. The maximum Gasteiger partial charge on any atom is 0.263 e. The van der Waals surface area contributed by atoms with Crippen molar-refractivity contribution < 1.29 is 28.3 Å². The van der Waals surface area contributed by atoms with E-state index in [-0.39, 0.29) is 12.4 Å². The predicted octanol–water partition coefficient (Wildman–Crippen LogP) is 2.65. The van der Waals surface area contributed by atoms with Crippen LogP contribution in [-0.4, -0.2) is 59.9 Å². The molecule has 0 aliphatic carbocycles. The van der Waals surface area contributed by atoms with Crippen LogP contribution in [-0.2, 0) is 16.1 Å². The molecule has 0 radical (unpaired) electrons. The second-order valence-corrected chi connectivity index (χ2v) is 7.72. The number of anilines is 1. The van der Waals surface area contributed by atoms with E-state index in [0.29, 0.717) is 40.9 Å². The Kier molecular flexibility index (Phi) is 5.77. The minimum atomic E-state index is -0.938. The number of benzene rings is 2. The molecule has 0 N–H and O–H groups in total. The molecule has 2 atom stereocenters. The van der Waals surface area contributed by atoms with Gasteiger partial charge in [0.25, 0.3) is 11.8 Å². The molecule has 3 heterocycles. The van der Waals surface area contributed by atoms with Crippen LogP contribution in [0.5, 0.6) is 17.2 Å². The quantitative estimate of drug-likeness (QED) is 0.448. The molecule has 1 aromatic heterocycles. The van der Waals surface area contributed by atoms with Gasteiger partial charge in [-0.1, -0.05) is 16.4 Å². The van der Waals surface area contributed by atoms with E-state index in [2.05, 4.69) is 20.5 Å². The number of rotatable bonds is 8. The predicted molar refractivity (Wildman–Crippen MR) is 121 cm³/mol. The summed E-state index contributed by atoms with van der Waals surface area (Å²) in [5.74, 6) is 1.34. The molecule has 12 heteroatoms. The third kappa shape index (κ3) is 3.92. The maximum absolute atomic E-state index is 13.2. The molecule has 2 aromatic carbocycles. The van der Waals surface area contributed by atoms with Gasteiger partial charge in [-0.2, -0.15) is 10.1 Å². The van der Waals surface area contributed by atoms with Crippen LogP contribution in [0.25, 0.3) is 11.4 Å². The zero-order chi connectivity index (χ0) is 24.5.